The monoisotopic (exact) mass is 245 g/mol. The number of ketones is 1. The van der Waals surface area contributed by atoms with Gasteiger partial charge in [0.05, 0.1) is 6.61 Å². The molecule has 3 aliphatic heterocycles. The van der Waals surface area contributed by atoms with Gasteiger partial charge in [0.2, 0.25) is 12.1 Å². The third kappa shape index (κ3) is 1.28. The fraction of sp³-hybridized carbons (Fsp3) is 0.385. The molecule has 0 saturated carbocycles. The summed E-state index contributed by atoms with van der Waals surface area (Å²) in [6.45, 7) is 0.398. The number of hydrogen-bond donors (Lipinski definition) is 0. The lowest BCUT2D eigenvalue weighted by atomic mass is 9.85. The molecule has 1 aromatic rings. The van der Waals surface area contributed by atoms with E-state index in [2.05, 4.69) is 5.16 Å². The molecule has 2 saturated heterocycles. The lowest BCUT2D eigenvalue weighted by Crippen LogP contribution is -2.48. The molecule has 3 heterocycles. The van der Waals surface area contributed by atoms with Gasteiger partial charge in [0, 0.05) is 5.56 Å². The average molecular weight is 245 g/mol. The summed E-state index contributed by atoms with van der Waals surface area (Å²) >= 11 is 0. The maximum absolute atomic E-state index is 12.2. The number of rotatable bonds is 1. The molecule has 0 radical (unpaired) electrons. The fourth-order valence-corrected chi connectivity index (χ4v) is 2.70. The minimum atomic E-state index is -0.744. The van der Waals surface area contributed by atoms with Gasteiger partial charge in [-0.1, -0.05) is 35.5 Å². The van der Waals surface area contributed by atoms with Crippen molar-refractivity contribution in [2.24, 2.45) is 11.1 Å². The third-order valence-corrected chi connectivity index (χ3v) is 3.58. The van der Waals surface area contributed by atoms with Crippen LogP contribution in [-0.2, 0) is 19.1 Å². The van der Waals surface area contributed by atoms with Gasteiger partial charge in [-0.05, 0) is 0 Å². The van der Waals surface area contributed by atoms with Gasteiger partial charge in [-0.25, -0.2) is 0 Å². The van der Waals surface area contributed by atoms with Crippen molar-refractivity contribution in [1.82, 2.24) is 0 Å². The molecule has 5 nitrogen and oxygen atoms in total. The Morgan fingerprint density at radius 1 is 1.22 bits per heavy atom. The van der Waals surface area contributed by atoms with Crippen molar-refractivity contribution >= 4 is 11.5 Å². The number of hydrogen-bond acceptors (Lipinski definition) is 5. The quantitative estimate of drug-likeness (QED) is 0.732. The van der Waals surface area contributed by atoms with Crippen LogP contribution < -0.4 is 0 Å². The summed E-state index contributed by atoms with van der Waals surface area (Å²) in [6, 6.07) is 9.61. The molecule has 0 spiro atoms. The van der Waals surface area contributed by atoms with E-state index in [0.29, 0.717) is 12.3 Å². The summed E-state index contributed by atoms with van der Waals surface area (Å²) in [6.07, 6.45) is -1.28. The molecule has 0 unspecified atom stereocenters. The largest absolute Gasteiger partial charge is 0.388 e. The van der Waals surface area contributed by atoms with E-state index in [-0.39, 0.29) is 23.9 Å². The highest BCUT2D eigenvalue weighted by molar-refractivity contribution is 6.15. The summed E-state index contributed by atoms with van der Waals surface area (Å²) in [5.41, 5.74) is 1.61. The van der Waals surface area contributed by atoms with E-state index >= 15 is 0 Å². The second-order valence-corrected chi connectivity index (χ2v) is 4.63. The molecule has 0 aliphatic carbocycles. The van der Waals surface area contributed by atoms with Crippen LogP contribution >= 0.6 is 0 Å². The van der Waals surface area contributed by atoms with Crippen molar-refractivity contribution in [2.75, 3.05) is 6.61 Å². The van der Waals surface area contributed by atoms with E-state index in [9.17, 15) is 4.79 Å². The molecule has 1 aromatic carbocycles. The average Bonchev–Trinajstić information content (AvgIpc) is 3.03. The zero-order valence-corrected chi connectivity index (χ0v) is 9.48. The Morgan fingerprint density at radius 3 is 2.89 bits per heavy atom. The molecule has 0 aromatic heterocycles. The number of Topliss-reactive ketones (excluding diaryl/α,β-unsaturated/α-hetero) is 1. The molecule has 18 heavy (non-hydrogen) atoms. The van der Waals surface area contributed by atoms with Crippen molar-refractivity contribution in [1.29, 1.82) is 0 Å². The van der Waals surface area contributed by atoms with Crippen molar-refractivity contribution in [3.05, 3.63) is 35.9 Å². The first-order chi connectivity index (χ1) is 8.84. The number of ether oxygens (including phenoxy) is 2. The highest BCUT2D eigenvalue weighted by atomic mass is 16.7. The summed E-state index contributed by atoms with van der Waals surface area (Å²) in [5, 5.41) is 4.08. The highest BCUT2D eigenvalue weighted by Crippen LogP contribution is 2.36. The Balaban J connectivity index is 1.74. The number of oxime groups is 1. The fourth-order valence-electron chi connectivity index (χ4n) is 2.70. The van der Waals surface area contributed by atoms with Gasteiger partial charge in [-0.3, -0.25) is 4.79 Å². The van der Waals surface area contributed by atoms with Crippen LogP contribution in [0, 0.1) is 5.92 Å². The predicted octanol–water partition coefficient (Wildman–Crippen LogP) is 0.730. The maximum atomic E-state index is 12.2. The number of fused-ring (bicyclic) bond motifs is 4. The van der Waals surface area contributed by atoms with Gasteiger partial charge in [-0.15, -0.1) is 0 Å². The Hall–Kier alpha value is -1.72. The van der Waals surface area contributed by atoms with Gasteiger partial charge >= 0.3 is 0 Å². The van der Waals surface area contributed by atoms with E-state index in [4.69, 9.17) is 14.3 Å². The smallest absolute Gasteiger partial charge is 0.219 e. The van der Waals surface area contributed by atoms with Crippen LogP contribution in [0.15, 0.2) is 35.5 Å². The van der Waals surface area contributed by atoms with E-state index < -0.39 is 6.29 Å². The summed E-state index contributed by atoms with van der Waals surface area (Å²) in [5.74, 6) is -0.451. The molecule has 2 bridgehead atoms. The second-order valence-electron chi connectivity index (χ2n) is 4.63. The SMILES string of the molecule is O=C1[C@@H]2OC[C@@H](O2)[C@@H]2ON=C(c3ccccc3)[C@H]12. The predicted molar refractivity (Wildman–Crippen MR) is 61.0 cm³/mol. The van der Waals surface area contributed by atoms with Gasteiger partial charge < -0.3 is 14.3 Å². The standard InChI is InChI=1S/C13H11NO4/c15-11-9-10(7-4-2-1-3-5-7)14-18-12(9)8-6-16-13(11)17-8/h1-5,8-9,12-13H,6H2/t8-,9-,12+,13-/m1/s1. The zero-order valence-electron chi connectivity index (χ0n) is 9.48. The van der Waals surface area contributed by atoms with Gasteiger partial charge in [0.15, 0.2) is 6.10 Å². The molecule has 3 aliphatic rings. The van der Waals surface area contributed by atoms with Crippen LogP contribution in [0.25, 0.3) is 0 Å². The Morgan fingerprint density at radius 2 is 2.06 bits per heavy atom. The molecule has 0 amide bonds. The molecule has 0 N–H and O–H groups in total. The summed E-state index contributed by atoms with van der Waals surface area (Å²) < 4.78 is 10.7. The number of carbonyl (C=O) groups excluding carboxylic acids is 1. The number of benzene rings is 1. The minimum absolute atomic E-state index is 0.0890. The normalized spacial score (nSPS) is 37.1. The van der Waals surface area contributed by atoms with E-state index in [1.54, 1.807) is 0 Å². The summed E-state index contributed by atoms with van der Waals surface area (Å²) in [7, 11) is 0. The first kappa shape index (κ1) is 10.2. The second kappa shape index (κ2) is 3.63. The topological polar surface area (TPSA) is 57.1 Å². The van der Waals surface area contributed by atoms with Crippen molar-refractivity contribution < 1.29 is 19.1 Å². The molecular formula is C13H11NO4. The van der Waals surface area contributed by atoms with Crippen LogP contribution in [0.5, 0.6) is 0 Å². The van der Waals surface area contributed by atoms with Crippen molar-refractivity contribution in [3.8, 4) is 0 Å². The number of nitrogens with zero attached hydrogens (tertiary/aromatic N) is 1. The van der Waals surface area contributed by atoms with Gasteiger partial charge in [0.25, 0.3) is 0 Å². The lowest BCUT2D eigenvalue weighted by Gasteiger charge is -2.27. The molecular weight excluding hydrogens is 234 g/mol. The van der Waals surface area contributed by atoms with Gasteiger partial charge in [-0.2, -0.15) is 0 Å². The molecule has 4 atom stereocenters. The maximum Gasteiger partial charge on any atom is 0.219 e. The number of carbonyl (C=O) groups is 1. The van der Waals surface area contributed by atoms with Gasteiger partial charge in [0.1, 0.15) is 17.7 Å². The van der Waals surface area contributed by atoms with Crippen molar-refractivity contribution in [2.45, 2.75) is 18.5 Å². The van der Waals surface area contributed by atoms with Crippen LogP contribution in [0.3, 0.4) is 0 Å². The first-order valence-electron chi connectivity index (χ1n) is 5.94. The van der Waals surface area contributed by atoms with E-state index in [0.717, 1.165) is 5.56 Å². The van der Waals surface area contributed by atoms with Crippen LogP contribution in [0.4, 0.5) is 0 Å². The highest BCUT2D eigenvalue weighted by Gasteiger charge is 2.56. The summed E-state index contributed by atoms with van der Waals surface area (Å²) in [4.78, 5) is 17.6. The Kier molecular flexibility index (Phi) is 2.06. The Labute approximate surface area is 103 Å². The van der Waals surface area contributed by atoms with E-state index in [1.165, 1.54) is 0 Å². The van der Waals surface area contributed by atoms with Crippen molar-refractivity contribution in [3.63, 3.8) is 0 Å². The molecule has 2 fully saturated rings. The third-order valence-electron chi connectivity index (χ3n) is 3.58. The minimum Gasteiger partial charge on any atom is -0.388 e. The Bertz CT molecular complexity index is 527. The molecule has 92 valence electrons. The van der Waals surface area contributed by atoms with Crippen LogP contribution in [0.1, 0.15) is 5.56 Å². The lowest BCUT2D eigenvalue weighted by molar-refractivity contribution is -0.169. The van der Waals surface area contributed by atoms with E-state index in [1.807, 2.05) is 30.3 Å². The molecule has 4 rings (SSSR count). The first-order valence-corrected chi connectivity index (χ1v) is 5.94. The van der Waals surface area contributed by atoms with Crippen LogP contribution in [0.2, 0.25) is 0 Å². The van der Waals surface area contributed by atoms with Crippen LogP contribution in [-0.4, -0.2) is 36.6 Å². The zero-order chi connectivity index (χ0) is 12.1. The molecule has 5 heteroatoms.